The van der Waals surface area contributed by atoms with Gasteiger partial charge in [-0.1, -0.05) is 24.3 Å². The Labute approximate surface area is 157 Å². The van der Waals surface area contributed by atoms with Gasteiger partial charge in [-0.25, -0.2) is 0 Å². The van der Waals surface area contributed by atoms with E-state index in [0.717, 1.165) is 22.4 Å². The molecule has 27 heavy (non-hydrogen) atoms. The lowest BCUT2D eigenvalue weighted by Gasteiger charge is -2.15. The van der Waals surface area contributed by atoms with Crippen molar-refractivity contribution >= 4 is 17.6 Å². The number of aromatic nitrogens is 3. The number of rotatable bonds is 4. The molecule has 3 aromatic rings. The van der Waals surface area contributed by atoms with Gasteiger partial charge >= 0.3 is 11.8 Å². The summed E-state index contributed by atoms with van der Waals surface area (Å²) in [5.41, 5.74) is 3.80. The Kier molecular flexibility index (Phi) is 5.30. The molecule has 0 bridgehead atoms. The van der Waals surface area contributed by atoms with Gasteiger partial charge in [-0.2, -0.15) is 5.10 Å². The number of amides is 2. The largest absolute Gasteiger partial charge is 0.341 e. The number of aryl methyl sites for hydroxylation is 2. The lowest BCUT2D eigenvalue weighted by molar-refractivity contribution is -0.136. The lowest BCUT2D eigenvalue weighted by Crippen LogP contribution is -2.37. The molecule has 2 N–H and O–H groups in total. The Morgan fingerprint density at radius 2 is 1.63 bits per heavy atom. The van der Waals surface area contributed by atoms with Crippen molar-refractivity contribution in [1.29, 1.82) is 0 Å². The number of hydrogen-bond donors (Lipinski definition) is 2. The second kappa shape index (κ2) is 7.82. The minimum absolute atomic E-state index is 0.303. The highest BCUT2D eigenvalue weighted by atomic mass is 16.2. The molecule has 2 aromatic heterocycles. The van der Waals surface area contributed by atoms with Gasteiger partial charge in [0.15, 0.2) is 0 Å². The van der Waals surface area contributed by atoms with Crippen molar-refractivity contribution in [2.24, 2.45) is 7.05 Å². The third kappa shape index (κ3) is 4.38. The molecule has 0 saturated heterocycles. The Morgan fingerprint density at radius 1 is 1.00 bits per heavy atom. The molecule has 0 radical (unpaired) electrons. The molecular weight excluding hydrogens is 342 g/mol. The van der Waals surface area contributed by atoms with E-state index in [1.165, 1.54) is 4.68 Å². The summed E-state index contributed by atoms with van der Waals surface area (Å²) < 4.78 is 1.52. The molecule has 138 valence electrons. The number of carbonyl (C=O) groups excluding carboxylic acids is 2. The fourth-order valence-corrected chi connectivity index (χ4v) is 2.75. The van der Waals surface area contributed by atoms with E-state index in [1.807, 2.05) is 50.2 Å². The van der Waals surface area contributed by atoms with Gasteiger partial charge in [0.1, 0.15) is 5.82 Å². The zero-order valence-corrected chi connectivity index (χ0v) is 15.4. The van der Waals surface area contributed by atoms with Crippen molar-refractivity contribution in [2.75, 3.05) is 5.32 Å². The van der Waals surface area contributed by atoms with Crippen LogP contribution in [0.5, 0.6) is 0 Å². The van der Waals surface area contributed by atoms with Crippen molar-refractivity contribution in [3.05, 3.63) is 66.1 Å². The molecule has 0 saturated carbocycles. The van der Waals surface area contributed by atoms with Crippen LogP contribution in [-0.4, -0.2) is 26.6 Å². The molecule has 3 rings (SSSR count). The van der Waals surface area contributed by atoms with Crippen LogP contribution in [0, 0.1) is 6.92 Å². The van der Waals surface area contributed by atoms with E-state index < -0.39 is 11.8 Å². The average molecular weight is 363 g/mol. The molecule has 0 spiro atoms. The molecule has 0 fully saturated rings. The number of anilines is 1. The number of pyridine rings is 1. The maximum absolute atomic E-state index is 12.2. The topological polar surface area (TPSA) is 88.9 Å². The first-order valence-corrected chi connectivity index (χ1v) is 8.57. The van der Waals surface area contributed by atoms with Crippen LogP contribution >= 0.6 is 0 Å². The van der Waals surface area contributed by atoms with E-state index in [1.54, 1.807) is 25.5 Å². The Balaban J connectivity index is 1.62. The summed E-state index contributed by atoms with van der Waals surface area (Å²) in [6.45, 7) is 3.65. The lowest BCUT2D eigenvalue weighted by atomic mass is 10.0. The summed E-state index contributed by atoms with van der Waals surface area (Å²) in [6, 6.07) is 13.1. The summed E-state index contributed by atoms with van der Waals surface area (Å²) in [6.07, 6.45) is 3.49. The highest BCUT2D eigenvalue weighted by Crippen LogP contribution is 2.21. The second-order valence-electron chi connectivity index (χ2n) is 6.30. The van der Waals surface area contributed by atoms with Crippen LogP contribution in [0.2, 0.25) is 0 Å². The first-order valence-electron chi connectivity index (χ1n) is 8.57. The van der Waals surface area contributed by atoms with Gasteiger partial charge in [0.05, 0.1) is 11.7 Å². The number of carbonyl (C=O) groups is 2. The van der Waals surface area contributed by atoms with Crippen molar-refractivity contribution in [3.63, 3.8) is 0 Å². The van der Waals surface area contributed by atoms with Crippen molar-refractivity contribution in [2.45, 2.75) is 19.9 Å². The van der Waals surface area contributed by atoms with Gasteiger partial charge in [0.2, 0.25) is 0 Å². The fraction of sp³-hybridized carbons (Fsp3) is 0.200. The highest BCUT2D eigenvalue weighted by molar-refractivity contribution is 6.39. The van der Waals surface area contributed by atoms with E-state index in [-0.39, 0.29) is 6.04 Å². The molecule has 1 unspecified atom stereocenters. The molecule has 2 heterocycles. The van der Waals surface area contributed by atoms with E-state index in [2.05, 4.69) is 20.7 Å². The van der Waals surface area contributed by atoms with Gasteiger partial charge in [0.25, 0.3) is 0 Å². The van der Waals surface area contributed by atoms with E-state index in [4.69, 9.17) is 0 Å². The van der Waals surface area contributed by atoms with Crippen LogP contribution in [0.3, 0.4) is 0 Å². The first-order chi connectivity index (χ1) is 12.9. The van der Waals surface area contributed by atoms with E-state index in [0.29, 0.717) is 5.82 Å². The van der Waals surface area contributed by atoms with Crippen LogP contribution < -0.4 is 10.6 Å². The van der Waals surface area contributed by atoms with Crippen LogP contribution in [-0.2, 0) is 16.6 Å². The minimum Gasteiger partial charge on any atom is -0.341 e. The van der Waals surface area contributed by atoms with Crippen LogP contribution in [0.25, 0.3) is 11.1 Å². The van der Waals surface area contributed by atoms with Crippen molar-refractivity contribution in [3.8, 4) is 11.1 Å². The monoisotopic (exact) mass is 363 g/mol. The standard InChI is InChI=1S/C20H21N5O2/c1-13-12-18(25(3)24-13)23-20(27)19(26)22-14(2)15-4-6-16(7-5-15)17-8-10-21-11-9-17/h4-12,14H,1-3H3,(H,22,26)(H,23,27). The van der Waals surface area contributed by atoms with E-state index in [9.17, 15) is 9.59 Å². The fourth-order valence-electron chi connectivity index (χ4n) is 2.75. The summed E-state index contributed by atoms with van der Waals surface area (Å²) in [7, 11) is 1.70. The molecule has 2 amide bonds. The summed E-state index contributed by atoms with van der Waals surface area (Å²) in [4.78, 5) is 28.3. The van der Waals surface area contributed by atoms with Gasteiger partial charge in [-0.15, -0.1) is 0 Å². The maximum Gasteiger partial charge on any atom is 0.314 e. The maximum atomic E-state index is 12.2. The average Bonchev–Trinajstić information content (AvgIpc) is 2.99. The molecule has 0 aliphatic heterocycles. The normalized spacial score (nSPS) is 11.7. The van der Waals surface area contributed by atoms with Crippen LogP contribution in [0.1, 0.15) is 24.2 Å². The quantitative estimate of drug-likeness (QED) is 0.698. The zero-order chi connectivity index (χ0) is 19.4. The molecule has 0 aliphatic rings. The second-order valence-corrected chi connectivity index (χ2v) is 6.30. The smallest absolute Gasteiger partial charge is 0.314 e. The number of hydrogen-bond acceptors (Lipinski definition) is 4. The summed E-state index contributed by atoms with van der Waals surface area (Å²) in [5.74, 6) is -0.945. The van der Waals surface area contributed by atoms with Crippen LogP contribution in [0.4, 0.5) is 5.82 Å². The van der Waals surface area contributed by atoms with Crippen molar-refractivity contribution in [1.82, 2.24) is 20.1 Å². The third-order valence-electron chi connectivity index (χ3n) is 4.22. The zero-order valence-electron chi connectivity index (χ0n) is 15.4. The number of nitrogens with zero attached hydrogens (tertiary/aromatic N) is 3. The predicted octanol–water partition coefficient (Wildman–Crippen LogP) is 2.61. The summed E-state index contributed by atoms with van der Waals surface area (Å²) in [5, 5.41) is 9.40. The molecule has 1 aromatic carbocycles. The van der Waals surface area contributed by atoms with Gasteiger partial charge < -0.3 is 10.6 Å². The predicted molar refractivity (Wildman–Crippen MR) is 103 cm³/mol. The van der Waals surface area contributed by atoms with Gasteiger partial charge in [0, 0.05) is 25.5 Å². The van der Waals surface area contributed by atoms with Crippen LogP contribution in [0.15, 0.2) is 54.9 Å². The van der Waals surface area contributed by atoms with Crippen molar-refractivity contribution < 1.29 is 9.59 Å². The molecule has 7 heteroatoms. The molecular formula is C20H21N5O2. The van der Waals surface area contributed by atoms with Gasteiger partial charge in [-0.3, -0.25) is 19.3 Å². The molecule has 0 aliphatic carbocycles. The van der Waals surface area contributed by atoms with Gasteiger partial charge in [-0.05, 0) is 42.7 Å². The highest BCUT2D eigenvalue weighted by Gasteiger charge is 2.18. The van der Waals surface area contributed by atoms with E-state index >= 15 is 0 Å². The Hall–Kier alpha value is -3.48. The third-order valence-corrected chi connectivity index (χ3v) is 4.22. The molecule has 7 nitrogen and oxygen atoms in total. The number of nitrogens with one attached hydrogen (secondary N) is 2. The Bertz CT molecular complexity index is 948. The SMILES string of the molecule is Cc1cc(NC(=O)C(=O)NC(C)c2ccc(-c3ccncc3)cc2)n(C)n1. The summed E-state index contributed by atoms with van der Waals surface area (Å²) >= 11 is 0. The Morgan fingerprint density at radius 3 is 2.22 bits per heavy atom. The number of benzene rings is 1. The minimum atomic E-state index is -0.724. The first kappa shape index (κ1) is 18.3. The molecule has 1 atom stereocenters.